The molecule has 0 aromatic heterocycles. The Kier molecular flexibility index (Phi) is 6.70. The van der Waals surface area contributed by atoms with E-state index in [9.17, 15) is 12.8 Å². The van der Waals surface area contributed by atoms with E-state index < -0.39 is 15.6 Å². The van der Waals surface area contributed by atoms with Gasteiger partial charge in [-0.2, -0.15) is 12.8 Å². The maximum absolute atomic E-state index is 13.6. The Hall–Kier alpha value is -2.55. The quantitative estimate of drug-likeness (QED) is 0.450. The third-order valence-electron chi connectivity index (χ3n) is 4.54. The number of nitrogens with zero attached hydrogens (tertiary/aromatic N) is 2. The molecule has 3 rings (SSSR count). The van der Waals surface area contributed by atoms with Crippen molar-refractivity contribution in [1.82, 2.24) is 0 Å². The van der Waals surface area contributed by atoms with E-state index in [1.807, 2.05) is 6.92 Å². The van der Waals surface area contributed by atoms with E-state index in [0.717, 1.165) is 5.56 Å². The lowest BCUT2D eigenvalue weighted by atomic mass is 9.99. The van der Waals surface area contributed by atoms with Gasteiger partial charge in [-0.1, -0.05) is 17.7 Å². The average molecular weight is 445 g/mol. The third-order valence-corrected chi connectivity index (χ3v) is 7.09. The predicted octanol–water partition coefficient (Wildman–Crippen LogP) is 4.90. The van der Waals surface area contributed by atoms with Crippen molar-refractivity contribution in [3.05, 3.63) is 78.1 Å². The second kappa shape index (κ2) is 9.07. The topological polar surface area (TPSA) is 68.1 Å². The first-order valence-corrected chi connectivity index (χ1v) is 11.4. The Morgan fingerprint density at radius 1 is 1.13 bits per heavy atom. The molecule has 30 heavy (non-hydrogen) atoms. The molecule has 0 N–H and O–H groups in total. The Morgan fingerprint density at radius 3 is 2.40 bits per heavy atom. The van der Waals surface area contributed by atoms with Gasteiger partial charge < -0.3 is 4.74 Å². The summed E-state index contributed by atoms with van der Waals surface area (Å²) in [6.45, 7) is 5.39. The summed E-state index contributed by atoms with van der Waals surface area (Å²) in [5, 5.41) is 0. The van der Waals surface area contributed by atoms with Gasteiger partial charge >= 0.3 is 0 Å². The molecule has 0 saturated heterocycles. The highest BCUT2D eigenvalue weighted by Crippen LogP contribution is 2.34. The van der Waals surface area contributed by atoms with Gasteiger partial charge in [0.05, 0.1) is 16.3 Å². The molecule has 0 fully saturated rings. The standard InChI is InChI=1S/C22H21FN2O3S2/c1-16-4-7-19(8-5-16)30(26,27)25-18-10-12-22(28-3,13-11-18)15-29-21-14-17(23)6-9-20(21)24-2/h4-14H,2,15H2,1,3H3. The first-order chi connectivity index (χ1) is 14.3. The molecule has 8 heteroatoms. The van der Waals surface area contributed by atoms with Gasteiger partial charge in [0.15, 0.2) is 0 Å². The lowest BCUT2D eigenvalue weighted by Crippen LogP contribution is -2.31. The number of rotatable bonds is 7. The molecule has 5 nitrogen and oxygen atoms in total. The van der Waals surface area contributed by atoms with Gasteiger partial charge in [0.25, 0.3) is 10.0 Å². The van der Waals surface area contributed by atoms with E-state index in [2.05, 4.69) is 16.1 Å². The summed E-state index contributed by atoms with van der Waals surface area (Å²) in [5.74, 6) is 0.0716. The van der Waals surface area contributed by atoms with Gasteiger partial charge in [-0.25, -0.2) is 4.39 Å². The van der Waals surface area contributed by atoms with Crippen molar-refractivity contribution >= 4 is 39.9 Å². The molecule has 1 aliphatic carbocycles. The second-order valence-corrected chi connectivity index (χ2v) is 9.31. The van der Waals surface area contributed by atoms with Crippen LogP contribution in [0.5, 0.6) is 0 Å². The van der Waals surface area contributed by atoms with Crippen molar-refractivity contribution in [3.8, 4) is 0 Å². The normalized spacial score (nSPS) is 18.4. The number of methoxy groups -OCH3 is 1. The molecule has 0 amide bonds. The maximum Gasteiger partial charge on any atom is 0.282 e. The van der Waals surface area contributed by atoms with Gasteiger partial charge in [-0.05, 0) is 68.3 Å². The van der Waals surface area contributed by atoms with Crippen LogP contribution in [0.25, 0.3) is 0 Å². The third kappa shape index (κ3) is 5.13. The summed E-state index contributed by atoms with van der Waals surface area (Å²) in [7, 11) is -2.26. The number of benzene rings is 2. The highest BCUT2D eigenvalue weighted by Gasteiger charge is 2.27. The number of aryl methyl sites for hydroxylation is 1. The summed E-state index contributed by atoms with van der Waals surface area (Å²) in [4.78, 5) is 4.69. The fourth-order valence-electron chi connectivity index (χ4n) is 2.74. The first kappa shape index (κ1) is 22.1. The van der Waals surface area contributed by atoms with E-state index in [-0.39, 0.29) is 10.7 Å². The van der Waals surface area contributed by atoms with Crippen molar-refractivity contribution < 1.29 is 17.5 Å². The summed E-state index contributed by atoms with van der Waals surface area (Å²) in [5.41, 5.74) is 1.06. The van der Waals surface area contributed by atoms with Crippen molar-refractivity contribution in [1.29, 1.82) is 0 Å². The SMILES string of the molecule is C=Nc1ccc(F)cc1SCC1(OC)C=CC(=NS(=O)(=O)c2ccc(C)cc2)C=C1. The van der Waals surface area contributed by atoms with Crippen molar-refractivity contribution in [2.45, 2.75) is 22.3 Å². The second-order valence-electron chi connectivity index (χ2n) is 6.69. The molecule has 2 aromatic rings. The number of hydrogen-bond donors (Lipinski definition) is 0. The number of sulfonamides is 1. The van der Waals surface area contributed by atoms with E-state index >= 15 is 0 Å². The number of ether oxygens (including phenoxy) is 1. The number of hydrogen-bond acceptors (Lipinski definition) is 5. The average Bonchev–Trinajstić information content (AvgIpc) is 2.74. The van der Waals surface area contributed by atoms with Crippen LogP contribution >= 0.6 is 11.8 Å². The predicted molar refractivity (Wildman–Crippen MR) is 120 cm³/mol. The fourth-order valence-corrected chi connectivity index (χ4v) is 4.90. The molecule has 0 spiro atoms. The van der Waals surface area contributed by atoms with Crippen LogP contribution in [0.1, 0.15) is 5.56 Å². The van der Waals surface area contributed by atoms with Crippen LogP contribution in [-0.4, -0.2) is 39.3 Å². The molecule has 0 aliphatic heterocycles. The molecule has 0 radical (unpaired) electrons. The van der Waals surface area contributed by atoms with Gasteiger partial charge in [0, 0.05) is 17.8 Å². The zero-order valence-electron chi connectivity index (χ0n) is 16.6. The lowest BCUT2D eigenvalue weighted by molar-refractivity contribution is 0.0945. The van der Waals surface area contributed by atoms with Crippen LogP contribution in [-0.2, 0) is 14.8 Å². The Balaban J connectivity index is 1.78. The van der Waals surface area contributed by atoms with Crippen LogP contribution in [0.4, 0.5) is 10.1 Å². The van der Waals surface area contributed by atoms with Crippen molar-refractivity contribution in [2.75, 3.05) is 12.9 Å². The largest absolute Gasteiger partial charge is 0.369 e. The van der Waals surface area contributed by atoms with E-state index in [0.29, 0.717) is 22.0 Å². The first-order valence-electron chi connectivity index (χ1n) is 9.01. The van der Waals surface area contributed by atoms with E-state index in [1.54, 1.807) is 49.6 Å². The van der Waals surface area contributed by atoms with Crippen molar-refractivity contribution in [2.24, 2.45) is 9.39 Å². The molecule has 1 aliphatic rings. The summed E-state index contributed by atoms with van der Waals surface area (Å²) in [6.07, 6.45) is 6.69. The molecule has 0 heterocycles. The highest BCUT2D eigenvalue weighted by atomic mass is 32.2. The van der Waals surface area contributed by atoms with Crippen LogP contribution in [0.2, 0.25) is 0 Å². The summed E-state index contributed by atoms with van der Waals surface area (Å²) < 4.78 is 48.2. The molecule has 0 unspecified atom stereocenters. The molecule has 0 atom stereocenters. The van der Waals surface area contributed by atoms with Crippen molar-refractivity contribution in [3.63, 3.8) is 0 Å². The number of thioether (sulfide) groups is 1. The van der Waals surface area contributed by atoms with Gasteiger partial charge in [0.1, 0.15) is 11.4 Å². The minimum Gasteiger partial charge on any atom is -0.369 e. The molecular weight excluding hydrogens is 423 g/mol. The number of halogens is 1. The van der Waals surface area contributed by atoms with Gasteiger partial charge in [-0.15, -0.1) is 11.8 Å². The van der Waals surface area contributed by atoms with Gasteiger partial charge in [0.2, 0.25) is 0 Å². The molecule has 0 bridgehead atoms. The Bertz CT molecular complexity index is 1120. The number of allylic oxidation sites excluding steroid dienone is 2. The lowest BCUT2D eigenvalue weighted by Gasteiger charge is -2.27. The zero-order chi connectivity index (χ0) is 21.8. The fraction of sp³-hybridized carbons (Fsp3) is 0.182. The number of aliphatic imine (C=N–C) groups is 1. The minimum atomic E-state index is -3.81. The monoisotopic (exact) mass is 444 g/mol. The van der Waals surface area contributed by atoms with E-state index in [1.165, 1.54) is 36.0 Å². The summed E-state index contributed by atoms with van der Waals surface area (Å²) in [6, 6.07) is 10.8. The zero-order valence-corrected chi connectivity index (χ0v) is 18.2. The molecule has 2 aromatic carbocycles. The van der Waals surface area contributed by atoms with Crippen LogP contribution in [0.3, 0.4) is 0 Å². The smallest absolute Gasteiger partial charge is 0.282 e. The maximum atomic E-state index is 13.6. The van der Waals surface area contributed by atoms with Crippen LogP contribution in [0.15, 0.2) is 85.9 Å². The molecular formula is C22H21FN2O3S2. The van der Waals surface area contributed by atoms with Crippen LogP contribution < -0.4 is 0 Å². The Labute approximate surface area is 180 Å². The summed E-state index contributed by atoms with van der Waals surface area (Å²) >= 11 is 1.37. The van der Waals surface area contributed by atoms with Gasteiger partial charge in [-0.3, -0.25) is 4.99 Å². The molecule has 0 saturated carbocycles. The Morgan fingerprint density at radius 2 is 1.80 bits per heavy atom. The highest BCUT2D eigenvalue weighted by molar-refractivity contribution is 7.99. The van der Waals surface area contributed by atoms with Crippen LogP contribution in [0, 0.1) is 12.7 Å². The van der Waals surface area contributed by atoms with E-state index in [4.69, 9.17) is 4.74 Å². The minimum absolute atomic E-state index is 0.136. The molecule has 156 valence electrons.